The average molecular weight is 278 g/mol. The van der Waals surface area contributed by atoms with Crippen LogP contribution in [0.15, 0.2) is 24.3 Å². The molecule has 112 valence electrons. The van der Waals surface area contributed by atoms with E-state index in [-0.39, 0.29) is 12.5 Å². The Bertz CT molecular complexity index is 401. The summed E-state index contributed by atoms with van der Waals surface area (Å²) in [7, 11) is 0. The molecule has 1 rings (SSSR count). The van der Waals surface area contributed by atoms with Crippen molar-refractivity contribution >= 4 is 11.6 Å². The van der Waals surface area contributed by atoms with Gasteiger partial charge in [0.1, 0.15) is 0 Å². The zero-order valence-corrected chi connectivity index (χ0v) is 12.3. The molecule has 20 heavy (non-hydrogen) atoms. The Hall–Kier alpha value is -1.55. The molecule has 4 heteroatoms. The maximum absolute atomic E-state index is 11.8. The maximum Gasteiger partial charge on any atom is 0.220 e. The number of hydrogen-bond donors (Lipinski definition) is 3. The summed E-state index contributed by atoms with van der Waals surface area (Å²) in [5.74, 6) is 0.419. The molecule has 0 aliphatic carbocycles. The van der Waals surface area contributed by atoms with Gasteiger partial charge in [0.15, 0.2) is 0 Å². The van der Waals surface area contributed by atoms with Gasteiger partial charge in [-0.05, 0) is 36.8 Å². The summed E-state index contributed by atoms with van der Waals surface area (Å²) in [6.07, 6.45) is 3.97. The Kier molecular flexibility index (Phi) is 7.73. The SMILES string of the molecule is CCCC(CCO)CNC(=O)CCc1ccccc1N. The van der Waals surface area contributed by atoms with Crippen molar-refractivity contribution in [3.8, 4) is 0 Å². The third-order valence-electron chi connectivity index (χ3n) is 3.50. The molecule has 0 radical (unpaired) electrons. The van der Waals surface area contributed by atoms with E-state index in [0.29, 0.717) is 25.3 Å². The van der Waals surface area contributed by atoms with Crippen LogP contribution in [0.2, 0.25) is 0 Å². The first-order valence-corrected chi connectivity index (χ1v) is 7.38. The molecule has 0 heterocycles. The number of aliphatic hydroxyl groups is 1. The van der Waals surface area contributed by atoms with E-state index in [9.17, 15) is 4.79 Å². The highest BCUT2D eigenvalue weighted by Crippen LogP contribution is 2.13. The minimum Gasteiger partial charge on any atom is -0.399 e. The largest absolute Gasteiger partial charge is 0.399 e. The molecule has 1 amide bonds. The Morgan fingerprint density at radius 3 is 2.75 bits per heavy atom. The van der Waals surface area contributed by atoms with E-state index in [1.807, 2.05) is 24.3 Å². The fourth-order valence-corrected chi connectivity index (χ4v) is 2.30. The number of para-hydroxylation sites is 1. The molecule has 4 nitrogen and oxygen atoms in total. The van der Waals surface area contributed by atoms with Crippen LogP contribution in [0.4, 0.5) is 5.69 Å². The van der Waals surface area contributed by atoms with Crippen LogP contribution in [0.3, 0.4) is 0 Å². The molecule has 1 atom stereocenters. The fraction of sp³-hybridized carbons (Fsp3) is 0.562. The molecule has 1 aromatic rings. The lowest BCUT2D eigenvalue weighted by atomic mass is 10.00. The summed E-state index contributed by atoms with van der Waals surface area (Å²) in [4.78, 5) is 11.8. The minimum absolute atomic E-state index is 0.0484. The van der Waals surface area contributed by atoms with E-state index in [1.54, 1.807) is 0 Å². The van der Waals surface area contributed by atoms with Gasteiger partial charge in [0.25, 0.3) is 0 Å². The predicted molar refractivity (Wildman–Crippen MR) is 82.3 cm³/mol. The highest BCUT2D eigenvalue weighted by molar-refractivity contribution is 5.76. The van der Waals surface area contributed by atoms with Gasteiger partial charge < -0.3 is 16.2 Å². The molecule has 1 unspecified atom stereocenters. The first-order valence-electron chi connectivity index (χ1n) is 7.38. The van der Waals surface area contributed by atoms with Gasteiger partial charge in [-0.1, -0.05) is 31.5 Å². The molecule has 0 saturated carbocycles. The van der Waals surface area contributed by atoms with Crippen molar-refractivity contribution in [3.63, 3.8) is 0 Å². The van der Waals surface area contributed by atoms with Crippen LogP contribution < -0.4 is 11.1 Å². The molecular weight excluding hydrogens is 252 g/mol. The zero-order valence-electron chi connectivity index (χ0n) is 12.3. The van der Waals surface area contributed by atoms with Gasteiger partial charge in [-0.25, -0.2) is 0 Å². The van der Waals surface area contributed by atoms with Gasteiger partial charge in [-0.3, -0.25) is 4.79 Å². The van der Waals surface area contributed by atoms with Crippen LogP contribution in [0.25, 0.3) is 0 Å². The Morgan fingerprint density at radius 2 is 2.10 bits per heavy atom. The van der Waals surface area contributed by atoms with Crippen LogP contribution in [-0.2, 0) is 11.2 Å². The van der Waals surface area contributed by atoms with Crippen LogP contribution in [0, 0.1) is 5.92 Å². The van der Waals surface area contributed by atoms with Crippen LogP contribution in [0.5, 0.6) is 0 Å². The molecule has 4 N–H and O–H groups in total. The predicted octanol–water partition coefficient (Wildman–Crippen LogP) is 2.12. The van der Waals surface area contributed by atoms with Gasteiger partial charge in [0.05, 0.1) is 0 Å². The van der Waals surface area contributed by atoms with Crippen molar-refractivity contribution in [2.24, 2.45) is 5.92 Å². The number of aryl methyl sites for hydroxylation is 1. The van der Waals surface area contributed by atoms with E-state index in [0.717, 1.165) is 30.5 Å². The second-order valence-corrected chi connectivity index (χ2v) is 5.17. The Morgan fingerprint density at radius 1 is 1.35 bits per heavy atom. The van der Waals surface area contributed by atoms with Crippen molar-refractivity contribution in [1.29, 1.82) is 0 Å². The molecule has 0 bridgehead atoms. The molecule has 0 saturated heterocycles. The monoisotopic (exact) mass is 278 g/mol. The van der Waals surface area contributed by atoms with Crippen LogP contribution in [0.1, 0.15) is 38.2 Å². The quantitative estimate of drug-likeness (QED) is 0.606. The molecule has 0 aliphatic rings. The lowest BCUT2D eigenvalue weighted by molar-refractivity contribution is -0.121. The fourth-order valence-electron chi connectivity index (χ4n) is 2.30. The second kappa shape index (κ2) is 9.37. The number of nitrogen functional groups attached to an aromatic ring is 1. The molecular formula is C16H26N2O2. The van der Waals surface area contributed by atoms with E-state index in [2.05, 4.69) is 12.2 Å². The lowest BCUT2D eigenvalue weighted by Crippen LogP contribution is -2.30. The molecule has 0 aromatic heterocycles. The lowest BCUT2D eigenvalue weighted by Gasteiger charge is -2.15. The number of nitrogens with two attached hydrogens (primary N) is 1. The van der Waals surface area contributed by atoms with Crippen molar-refractivity contribution in [1.82, 2.24) is 5.32 Å². The number of rotatable bonds is 9. The minimum atomic E-state index is 0.0484. The molecule has 0 spiro atoms. The van der Waals surface area contributed by atoms with E-state index >= 15 is 0 Å². The van der Waals surface area contributed by atoms with E-state index in [1.165, 1.54) is 0 Å². The summed E-state index contributed by atoms with van der Waals surface area (Å²) in [5.41, 5.74) is 7.61. The number of carbonyl (C=O) groups is 1. The topological polar surface area (TPSA) is 75.3 Å². The molecule has 0 fully saturated rings. The zero-order chi connectivity index (χ0) is 14.8. The first-order chi connectivity index (χ1) is 9.67. The summed E-state index contributed by atoms with van der Waals surface area (Å²) in [6, 6.07) is 7.63. The summed E-state index contributed by atoms with van der Waals surface area (Å²) >= 11 is 0. The number of anilines is 1. The van der Waals surface area contributed by atoms with Gasteiger partial charge in [0, 0.05) is 25.3 Å². The standard InChI is InChI=1S/C16H26N2O2/c1-2-5-13(10-11-19)12-18-16(20)9-8-14-6-3-4-7-15(14)17/h3-4,6-7,13,19H,2,5,8-12,17H2,1H3,(H,18,20). The number of aliphatic hydroxyl groups excluding tert-OH is 1. The summed E-state index contributed by atoms with van der Waals surface area (Å²) < 4.78 is 0. The second-order valence-electron chi connectivity index (χ2n) is 5.17. The third-order valence-corrected chi connectivity index (χ3v) is 3.50. The number of hydrogen-bond acceptors (Lipinski definition) is 3. The van der Waals surface area contributed by atoms with Gasteiger partial charge >= 0.3 is 0 Å². The van der Waals surface area contributed by atoms with Gasteiger partial charge in [0.2, 0.25) is 5.91 Å². The first kappa shape index (κ1) is 16.5. The Labute approximate surface area is 121 Å². The van der Waals surface area contributed by atoms with Crippen molar-refractivity contribution in [3.05, 3.63) is 29.8 Å². The molecule has 1 aromatic carbocycles. The van der Waals surface area contributed by atoms with Crippen molar-refractivity contribution < 1.29 is 9.90 Å². The smallest absolute Gasteiger partial charge is 0.220 e. The van der Waals surface area contributed by atoms with E-state index < -0.39 is 0 Å². The molecule has 0 aliphatic heterocycles. The van der Waals surface area contributed by atoms with Crippen molar-refractivity contribution in [2.45, 2.75) is 39.0 Å². The number of carbonyl (C=O) groups excluding carboxylic acids is 1. The van der Waals surface area contributed by atoms with Crippen LogP contribution >= 0.6 is 0 Å². The number of benzene rings is 1. The summed E-state index contributed by atoms with van der Waals surface area (Å²) in [6.45, 7) is 2.95. The third kappa shape index (κ3) is 6.06. The Balaban J connectivity index is 2.31. The number of nitrogens with one attached hydrogen (secondary N) is 1. The maximum atomic E-state index is 11.8. The highest BCUT2D eigenvalue weighted by Gasteiger charge is 2.09. The summed E-state index contributed by atoms with van der Waals surface area (Å²) in [5, 5.41) is 11.9. The highest BCUT2D eigenvalue weighted by atomic mass is 16.3. The average Bonchev–Trinajstić information content (AvgIpc) is 2.44. The van der Waals surface area contributed by atoms with Crippen LogP contribution in [-0.4, -0.2) is 24.2 Å². The van der Waals surface area contributed by atoms with Crippen molar-refractivity contribution in [2.75, 3.05) is 18.9 Å². The normalized spacial score (nSPS) is 12.1. The van der Waals surface area contributed by atoms with E-state index in [4.69, 9.17) is 10.8 Å². The van der Waals surface area contributed by atoms with Gasteiger partial charge in [-0.15, -0.1) is 0 Å². The van der Waals surface area contributed by atoms with Gasteiger partial charge in [-0.2, -0.15) is 0 Å². The number of amides is 1.